The number of fused-ring (bicyclic) bond motifs is 2. The number of piperazine rings is 1. The van der Waals surface area contributed by atoms with Crippen LogP contribution in [0.1, 0.15) is 12.8 Å². The lowest BCUT2D eigenvalue weighted by atomic mass is 10.2. The molecule has 2 nitrogen and oxygen atoms in total. The molecule has 2 aliphatic heterocycles. The van der Waals surface area contributed by atoms with E-state index in [2.05, 4.69) is 10.6 Å². The summed E-state index contributed by atoms with van der Waals surface area (Å²) in [6, 6.07) is 1.60. The van der Waals surface area contributed by atoms with Gasteiger partial charge in [0.15, 0.2) is 0 Å². The summed E-state index contributed by atoms with van der Waals surface area (Å²) in [7, 11) is 0. The lowest BCUT2D eigenvalue weighted by molar-refractivity contribution is 0.423. The summed E-state index contributed by atoms with van der Waals surface area (Å²) in [6.45, 7) is 2.38. The zero-order valence-corrected chi connectivity index (χ0v) is 4.98. The Balaban J connectivity index is 2.03. The van der Waals surface area contributed by atoms with Gasteiger partial charge in [-0.3, -0.25) is 0 Å². The van der Waals surface area contributed by atoms with Crippen molar-refractivity contribution in [2.75, 3.05) is 13.1 Å². The Labute approximate surface area is 49.7 Å². The van der Waals surface area contributed by atoms with E-state index in [9.17, 15) is 0 Å². The van der Waals surface area contributed by atoms with Crippen LogP contribution in [0, 0.1) is 0 Å². The zero-order valence-electron chi connectivity index (χ0n) is 4.98. The number of hydrogen-bond acceptors (Lipinski definition) is 2. The quantitative estimate of drug-likeness (QED) is 0.450. The van der Waals surface area contributed by atoms with Crippen molar-refractivity contribution in [3.63, 3.8) is 0 Å². The van der Waals surface area contributed by atoms with Gasteiger partial charge in [-0.05, 0) is 12.8 Å². The van der Waals surface area contributed by atoms with Crippen molar-refractivity contribution in [2.24, 2.45) is 0 Å². The molecule has 0 spiro atoms. The Morgan fingerprint density at radius 3 is 2.12 bits per heavy atom. The van der Waals surface area contributed by atoms with Crippen molar-refractivity contribution in [1.82, 2.24) is 10.6 Å². The summed E-state index contributed by atoms with van der Waals surface area (Å²) in [6.07, 6.45) is 2.77. The van der Waals surface area contributed by atoms with Crippen molar-refractivity contribution in [1.29, 1.82) is 0 Å². The van der Waals surface area contributed by atoms with Gasteiger partial charge in [0, 0.05) is 25.2 Å². The van der Waals surface area contributed by atoms with Crippen molar-refractivity contribution < 1.29 is 0 Å². The molecule has 8 heavy (non-hydrogen) atoms. The van der Waals surface area contributed by atoms with Gasteiger partial charge in [0.25, 0.3) is 0 Å². The Kier molecular flexibility index (Phi) is 1.02. The lowest BCUT2D eigenvalue weighted by Gasteiger charge is -2.21. The molecule has 0 aromatic rings. The lowest BCUT2D eigenvalue weighted by Crippen LogP contribution is -2.48. The average Bonchev–Trinajstić information content (AvgIpc) is 2.12. The molecule has 0 radical (unpaired) electrons. The molecular weight excluding hydrogens is 100 g/mol. The van der Waals surface area contributed by atoms with Crippen LogP contribution < -0.4 is 10.6 Å². The normalized spacial score (nSPS) is 45.0. The predicted molar refractivity (Wildman–Crippen MR) is 32.8 cm³/mol. The van der Waals surface area contributed by atoms with Crippen LogP contribution >= 0.6 is 0 Å². The van der Waals surface area contributed by atoms with E-state index in [1.54, 1.807) is 0 Å². The maximum absolute atomic E-state index is 3.53. The van der Waals surface area contributed by atoms with E-state index in [0.717, 1.165) is 12.1 Å². The van der Waals surface area contributed by atoms with Crippen LogP contribution in [0.2, 0.25) is 0 Å². The van der Waals surface area contributed by atoms with Crippen molar-refractivity contribution >= 4 is 0 Å². The molecule has 2 rings (SSSR count). The third-order valence-electron chi connectivity index (χ3n) is 2.12. The van der Waals surface area contributed by atoms with Gasteiger partial charge in [-0.15, -0.1) is 0 Å². The Bertz CT molecular complexity index is 78.5. The molecule has 0 aromatic heterocycles. The largest absolute Gasteiger partial charge is 0.314 e. The van der Waals surface area contributed by atoms with Crippen molar-refractivity contribution in [2.45, 2.75) is 24.9 Å². The van der Waals surface area contributed by atoms with Gasteiger partial charge in [0.1, 0.15) is 0 Å². The van der Waals surface area contributed by atoms with Gasteiger partial charge in [-0.2, -0.15) is 0 Å². The third-order valence-corrected chi connectivity index (χ3v) is 2.12. The molecule has 0 amide bonds. The fraction of sp³-hybridized carbons (Fsp3) is 1.00. The molecule has 2 saturated heterocycles. The highest BCUT2D eigenvalue weighted by molar-refractivity contribution is 4.90. The molecule has 2 heteroatoms. The molecule has 2 heterocycles. The summed E-state index contributed by atoms with van der Waals surface area (Å²) < 4.78 is 0. The van der Waals surface area contributed by atoms with Crippen molar-refractivity contribution in [3.8, 4) is 0 Å². The highest BCUT2D eigenvalue weighted by Gasteiger charge is 2.26. The second kappa shape index (κ2) is 1.71. The van der Waals surface area contributed by atoms with E-state index < -0.39 is 0 Å². The van der Waals surface area contributed by atoms with Gasteiger partial charge in [0.05, 0.1) is 0 Å². The molecule has 2 fully saturated rings. The SMILES string of the molecule is C1C[C@H]2CNC[C@@H]1N2. The van der Waals surface area contributed by atoms with Gasteiger partial charge in [-0.1, -0.05) is 0 Å². The third kappa shape index (κ3) is 0.644. The minimum atomic E-state index is 0.800. The fourth-order valence-electron chi connectivity index (χ4n) is 1.66. The highest BCUT2D eigenvalue weighted by atomic mass is 15.1. The van der Waals surface area contributed by atoms with E-state index in [0.29, 0.717) is 0 Å². The summed E-state index contributed by atoms with van der Waals surface area (Å²) in [5.41, 5.74) is 0. The maximum Gasteiger partial charge on any atom is 0.0196 e. The second-order valence-electron chi connectivity index (χ2n) is 2.80. The van der Waals surface area contributed by atoms with Crippen LogP contribution in [0.5, 0.6) is 0 Å². The van der Waals surface area contributed by atoms with Gasteiger partial charge in [0.2, 0.25) is 0 Å². The van der Waals surface area contributed by atoms with Crippen LogP contribution in [0.4, 0.5) is 0 Å². The molecular formula is C6H12N2. The van der Waals surface area contributed by atoms with E-state index in [4.69, 9.17) is 0 Å². The first kappa shape index (κ1) is 4.77. The monoisotopic (exact) mass is 112 g/mol. The summed E-state index contributed by atoms with van der Waals surface area (Å²) in [5.74, 6) is 0. The maximum atomic E-state index is 3.53. The van der Waals surface area contributed by atoms with Crippen LogP contribution in [-0.4, -0.2) is 25.2 Å². The van der Waals surface area contributed by atoms with E-state index >= 15 is 0 Å². The first-order valence-corrected chi connectivity index (χ1v) is 3.42. The van der Waals surface area contributed by atoms with Crippen LogP contribution in [0.3, 0.4) is 0 Å². The summed E-state index contributed by atoms with van der Waals surface area (Å²) in [4.78, 5) is 0. The van der Waals surface area contributed by atoms with E-state index in [-0.39, 0.29) is 0 Å². The standard InChI is InChI=1S/C6H12N2/c1-2-6-4-7-3-5(1)8-6/h5-8H,1-4H2/t5-,6+. The molecule has 0 aliphatic carbocycles. The van der Waals surface area contributed by atoms with Crippen LogP contribution in [0.15, 0.2) is 0 Å². The zero-order chi connectivity index (χ0) is 5.40. The molecule has 46 valence electrons. The Morgan fingerprint density at radius 1 is 1.00 bits per heavy atom. The molecule has 0 unspecified atom stereocenters. The van der Waals surface area contributed by atoms with Gasteiger partial charge in [-0.25, -0.2) is 0 Å². The topological polar surface area (TPSA) is 24.1 Å². The van der Waals surface area contributed by atoms with E-state index in [1.165, 1.54) is 25.9 Å². The Morgan fingerprint density at radius 2 is 1.62 bits per heavy atom. The number of nitrogens with one attached hydrogen (secondary N) is 2. The number of rotatable bonds is 0. The molecule has 2 bridgehead atoms. The first-order valence-electron chi connectivity index (χ1n) is 3.42. The molecule has 2 aliphatic rings. The first-order chi connectivity index (χ1) is 3.95. The number of hydrogen-bond donors (Lipinski definition) is 2. The second-order valence-corrected chi connectivity index (χ2v) is 2.80. The predicted octanol–water partition coefficient (Wildman–Crippen LogP) is -0.290. The fourth-order valence-corrected chi connectivity index (χ4v) is 1.66. The minimum Gasteiger partial charge on any atom is -0.314 e. The van der Waals surface area contributed by atoms with Gasteiger partial charge >= 0.3 is 0 Å². The van der Waals surface area contributed by atoms with Crippen LogP contribution in [0.25, 0.3) is 0 Å². The molecule has 0 saturated carbocycles. The van der Waals surface area contributed by atoms with Crippen LogP contribution in [-0.2, 0) is 0 Å². The molecule has 2 atom stereocenters. The average molecular weight is 112 g/mol. The summed E-state index contributed by atoms with van der Waals surface area (Å²) in [5, 5.41) is 6.91. The van der Waals surface area contributed by atoms with Gasteiger partial charge < -0.3 is 10.6 Å². The summed E-state index contributed by atoms with van der Waals surface area (Å²) >= 11 is 0. The minimum absolute atomic E-state index is 0.800. The molecule has 2 N–H and O–H groups in total. The molecule has 0 aromatic carbocycles. The highest BCUT2D eigenvalue weighted by Crippen LogP contribution is 2.13. The smallest absolute Gasteiger partial charge is 0.0196 e. The van der Waals surface area contributed by atoms with E-state index in [1.807, 2.05) is 0 Å². The Hall–Kier alpha value is -0.0800. The van der Waals surface area contributed by atoms with Crippen molar-refractivity contribution in [3.05, 3.63) is 0 Å².